The Hall–Kier alpha value is -1.53. The van der Waals surface area contributed by atoms with Crippen LogP contribution >= 0.6 is 23.8 Å². The number of benzene rings is 1. The number of hydrogen-bond donors (Lipinski definition) is 2. The van der Waals surface area contributed by atoms with E-state index in [4.69, 9.17) is 33.3 Å². The Bertz CT molecular complexity index is 589. The SMILES string of the molecule is CCOc1c(Cl)cc(/C=N\NC(=S)NC2CCCCC2)cc1OC. The summed E-state index contributed by atoms with van der Waals surface area (Å²) in [6.07, 6.45) is 7.81. The number of hydrogen-bond acceptors (Lipinski definition) is 4. The van der Waals surface area contributed by atoms with E-state index in [1.807, 2.05) is 13.0 Å². The molecule has 1 aliphatic rings. The van der Waals surface area contributed by atoms with Gasteiger partial charge in [-0.2, -0.15) is 5.10 Å². The molecule has 1 aliphatic carbocycles. The standard InChI is InChI=1S/C17H24ClN3O2S/c1-3-23-16-14(18)9-12(10-15(16)22-2)11-19-21-17(24)20-13-7-5-4-6-8-13/h9-11,13H,3-8H2,1-2H3,(H2,20,21,24)/b19-11-. The van der Waals surface area contributed by atoms with E-state index in [9.17, 15) is 0 Å². The van der Waals surface area contributed by atoms with Crippen LogP contribution in [0.3, 0.4) is 0 Å². The van der Waals surface area contributed by atoms with Crippen LogP contribution in [0.5, 0.6) is 11.5 Å². The highest BCUT2D eigenvalue weighted by atomic mass is 35.5. The number of ether oxygens (including phenoxy) is 2. The van der Waals surface area contributed by atoms with Gasteiger partial charge in [-0.05, 0) is 49.7 Å². The Morgan fingerprint density at radius 1 is 1.38 bits per heavy atom. The monoisotopic (exact) mass is 369 g/mol. The molecular weight excluding hydrogens is 346 g/mol. The van der Waals surface area contributed by atoms with Crippen molar-refractivity contribution >= 4 is 35.1 Å². The van der Waals surface area contributed by atoms with Gasteiger partial charge in [0.15, 0.2) is 16.6 Å². The van der Waals surface area contributed by atoms with E-state index in [0.29, 0.717) is 34.3 Å². The van der Waals surface area contributed by atoms with Gasteiger partial charge in [-0.15, -0.1) is 0 Å². The summed E-state index contributed by atoms with van der Waals surface area (Å²) in [4.78, 5) is 0. The molecule has 5 nitrogen and oxygen atoms in total. The average Bonchev–Trinajstić information content (AvgIpc) is 2.58. The van der Waals surface area contributed by atoms with Gasteiger partial charge in [0.2, 0.25) is 0 Å². The van der Waals surface area contributed by atoms with Gasteiger partial charge < -0.3 is 14.8 Å². The summed E-state index contributed by atoms with van der Waals surface area (Å²) in [5.41, 5.74) is 3.65. The molecule has 7 heteroatoms. The van der Waals surface area contributed by atoms with Gasteiger partial charge in [-0.25, -0.2) is 0 Å². The largest absolute Gasteiger partial charge is 0.493 e. The fourth-order valence-electron chi connectivity index (χ4n) is 2.73. The number of rotatable bonds is 6. The Morgan fingerprint density at radius 3 is 2.79 bits per heavy atom. The molecule has 0 atom stereocenters. The molecule has 2 N–H and O–H groups in total. The number of hydrazone groups is 1. The quantitative estimate of drug-likeness (QED) is 0.453. The van der Waals surface area contributed by atoms with Crippen molar-refractivity contribution < 1.29 is 9.47 Å². The van der Waals surface area contributed by atoms with Crippen molar-refractivity contribution in [3.8, 4) is 11.5 Å². The van der Waals surface area contributed by atoms with Crippen LogP contribution in [0.4, 0.5) is 0 Å². The van der Waals surface area contributed by atoms with Gasteiger partial charge in [0.1, 0.15) is 0 Å². The average molecular weight is 370 g/mol. The number of nitrogens with one attached hydrogen (secondary N) is 2. The van der Waals surface area contributed by atoms with Gasteiger partial charge >= 0.3 is 0 Å². The zero-order chi connectivity index (χ0) is 17.4. The van der Waals surface area contributed by atoms with Crippen LogP contribution in [0, 0.1) is 0 Å². The second-order valence-corrected chi connectivity index (χ2v) is 6.46. The summed E-state index contributed by atoms with van der Waals surface area (Å²) in [5, 5.41) is 8.50. The Balaban J connectivity index is 1.93. The molecule has 2 rings (SSSR count). The third-order valence-electron chi connectivity index (χ3n) is 3.86. The zero-order valence-corrected chi connectivity index (χ0v) is 15.7. The zero-order valence-electron chi connectivity index (χ0n) is 14.1. The smallest absolute Gasteiger partial charge is 0.187 e. The second-order valence-electron chi connectivity index (χ2n) is 5.65. The van der Waals surface area contributed by atoms with E-state index in [2.05, 4.69) is 15.8 Å². The lowest BCUT2D eigenvalue weighted by atomic mass is 9.96. The molecule has 1 fully saturated rings. The minimum Gasteiger partial charge on any atom is -0.493 e. The highest BCUT2D eigenvalue weighted by Gasteiger charge is 2.14. The van der Waals surface area contributed by atoms with Gasteiger partial charge in [-0.1, -0.05) is 30.9 Å². The van der Waals surface area contributed by atoms with Crippen LogP contribution in [-0.4, -0.2) is 31.1 Å². The van der Waals surface area contributed by atoms with Crippen molar-refractivity contribution in [2.24, 2.45) is 5.10 Å². The van der Waals surface area contributed by atoms with Crippen LogP contribution in [0.15, 0.2) is 17.2 Å². The number of thiocarbonyl (C=S) groups is 1. The van der Waals surface area contributed by atoms with E-state index in [1.165, 1.54) is 19.3 Å². The maximum absolute atomic E-state index is 6.24. The van der Waals surface area contributed by atoms with Crippen LogP contribution in [0.1, 0.15) is 44.6 Å². The van der Waals surface area contributed by atoms with Crippen molar-refractivity contribution in [2.45, 2.75) is 45.1 Å². The number of nitrogens with zero attached hydrogens (tertiary/aromatic N) is 1. The topological polar surface area (TPSA) is 54.9 Å². The molecule has 132 valence electrons. The van der Waals surface area contributed by atoms with Crippen molar-refractivity contribution in [1.82, 2.24) is 10.7 Å². The second kappa shape index (κ2) is 9.69. The number of halogens is 1. The first-order valence-electron chi connectivity index (χ1n) is 8.24. The number of methoxy groups -OCH3 is 1. The summed E-state index contributed by atoms with van der Waals surface area (Å²) in [6, 6.07) is 4.05. The molecule has 0 radical (unpaired) electrons. The lowest BCUT2D eigenvalue weighted by Crippen LogP contribution is -2.40. The molecule has 1 saturated carbocycles. The van der Waals surface area contributed by atoms with Gasteiger partial charge in [0.05, 0.1) is 25.0 Å². The van der Waals surface area contributed by atoms with Crippen molar-refractivity contribution in [2.75, 3.05) is 13.7 Å². The van der Waals surface area contributed by atoms with E-state index in [0.717, 1.165) is 18.4 Å². The first kappa shape index (κ1) is 18.8. The fourth-order valence-corrected chi connectivity index (χ4v) is 3.22. The Morgan fingerprint density at radius 2 is 2.12 bits per heavy atom. The molecule has 0 bridgehead atoms. The lowest BCUT2D eigenvalue weighted by molar-refractivity contribution is 0.311. The molecule has 0 amide bonds. The van der Waals surface area contributed by atoms with Crippen LogP contribution in [0.2, 0.25) is 5.02 Å². The van der Waals surface area contributed by atoms with Crippen molar-refractivity contribution in [3.63, 3.8) is 0 Å². The normalized spacial score (nSPS) is 15.3. The maximum Gasteiger partial charge on any atom is 0.187 e. The molecule has 0 heterocycles. The minimum absolute atomic E-state index is 0.453. The summed E-state index contributed by atoms with van der Waals surface area (Å²) in [5.74, 6) is 1.12. The van der Waals surface area contributed by atoms with Crippen LogP contribution in [0.25, 0.3) is 0 Å². The molecule has 1 aromatic rings. The summed E-state index contributed by atoms with van der Waals surface area (Å²) < 4.78 is 10.8. The highest BCUT2D eigenvalue weighted by molar-refractivity contribution is 7.80. The van der Waals surface area contributed by atoms with E-state index in [1.54, 1.807) is 19.4 Å². The third kappa shape index (κ3) is 5.53. The Labute approximate surface area is 153 Å². The molecule has 24 heavy (non-hydrogen) atoms. The van der Waals surface area contributed by atoms with Gasteiger partial charge in [0.25, 0.3) is 0 Å². The maximum atomic E-state index is 6.24. The Kier molecular flexibility index (Phi) is 7.59. The van der Waals surface area contributed by atoms with E-state index in [-0.39, 0.29) is 0 Å². The molecule has 0 spiro atoms. The molecule has 0 saturated heterocycles. The first-order chi connectivity index (χ1) is 11.6. The fraction of sp³-hybridized carbons (Fsp3) is 0.529. The summed E-state index contributed by atoms with van der Waals surface area (Å²) in [7, 11) is 1.58. The summed E-state index contributed by atoms with van der Waals surface area (Å²) in [6.45, 7) is 2.42. The van der Waals surface area contributed by atoms with Gasteiger partial charge in [0, 0.05) is 6.04 Å². The first-order valence-corrected chi connectivity index (χ1v) is 9.02. The summed E-state index contributed by atoms with van der Waals surface area (Å²) >= 11 is 11.5. The highest BCUT2D eigenvalue weighted by Crippen LogP contribution is 2.35. The predicted molar refractivity (Wildman–Crippen MR) is 103 cm³/mol. The van der Waals surface area contributed by atoms with Crippen molar-refractivity contribution in [3.05, 3.63) is 22.7 Å². The van der Waals surface area contributed by atoms with E-state index < -0.39 is 0 Å². The molecule has 1 aromatic carbocycles. The third-order valence-corrected chi connectivity index (χ3v) is 4.35. The predicted octanol–water partition coefficient (Wildman–Crippen LogP) is 3.88. The lowest BCUT2D eigenvalue weighted by Gasteiger charge is -2.23. The van der Waals surface area contributed by atoms with Gasteiger partial charge in [-0.3, -0.25) is 5.43 Å². The minimum atomic E-state index is 0.453. The molecule has 0 aliphatic heterocycles. The molecular formula is C17H24ClN3O2S. The molecule has 0 aromatic heterocycles. The van der Waals surface area contributed by atoms with Crippen molar-refractivity contribution in [1.29, 1.82) is 0 Å². The van der Waals surface area contributed by atoms with Crippen LogP contribution in [-0.2, 0) is 0 Å². The van der Waals surface area contributed by atoms with Crippen LogP contribution < -0.4 is 20.2 Å². The molecule has 0 unspecified atom stereocenters. The van der Waals surface area contributed by atoms with E-state index >= 15 is 0 Å².